The van der Waals surface area contributed by atoms with Crippen molar-refractivity contribution in [1.82, 2.24) is 0 Å². The Morgan fingerprint density at radius 2 is 1.62 bits per heavy atom. The average Bonchev–Trinajstić information content (AvgIpc) is 3.33. The van der Waals surface area contributed by atoms with E-state index >= 15 is 0 Å². The molecule has 0 heterocycles. The molecule has 4 bridgehead atoms. The molecule has 4 aliphatic carbocycles. The Morgan fingerprint density at radius 3 is 2.21 bits per heavy atom. The molecule has 4 saturated carbocycles. The van der Waals surface area contributed by atoms with Gasteiger partial charge in [-0.25, -0.2) is 8.42 Å². The fourth-order valence-corrected chi connectivity index (χ4v) is 7.55. The quantitative estimate of drug-likeness (QED) is 0.239. The molecule has 5 nitrogen and oxygen atoms in total. The van der Waals surface area contributed by atoms with Crippen LogP contribution in [0.3, 0.4) is 0 Å². The number of halogens is 2. The summed E-state index contributed by atoms with van der Waals surface area (Å²) in [5.74, 6) is 2.74. The number of alkyl halides is 2. The molecular formula is C20H26F2O5SU-2. The van der Waals surface area contributed by atoms with E-state index in [1.807, 2.05) is 0 Å². The zero-order chi connectivity index (χ0) is 20.6. The average molecular weight is 655 g/mol. The maximum absolute atomic E-state index is 13.2. The minimum absolute atomic E-state index is 0. The van der Waals surface area contributed by atoms with E-state index in [9.17, 15) is 31.3 Å². The van der Waals surface area contributed by atoms with Crippen LogP contribution in [-0.2, 0) is 19.7 Å². The first kappa shape index (κ1) is 23.8. The molecule has 4 rings (SSSR count). The van der Waals surface area contributed by atoms with Crippen LogP contribution in [-0.4, -0.2) is 29.8 Å². The number of Topliss-reactive ketones (excluding diaryl/α,β-unsaturated/α-hetero) is 2. The summed E-state index contributed by atoms with van der Waals surface area (Å²) >= 11 is 0. The summed E-state index contributed by atoms with van der Waals surface area (Å²) in [6.45, 7) is 4.66. The fourth-order valence-electron chi connectivity index (χ4n) is 7.17. The second kappa shape index (κ2) is 7.94. The third-order valence-corrected chi connectivity index (χ3v) is 9.30. The van der Waals surface area contributed by atoms with Gasteiger partial charge >= 0.3 is 5.25 Å². The first-order valence-corrected chi connectivity index (χ1v) is 11.6. The number of carbonyl (C=O) groups excluding carboxylic acids is 2. The van der Waals surface area contributed by atoms with Crippen molar-refractivity contribution in [2.45, 2.75) is 51.2 Å². The van der Waals surface area contributed by atoms with Gasteiger partial charge in [-0.15, -0.1) is 5.92 Å². The van der Waals surface area contributed by atoms with Crippen LogP contribution in [0, 0.1) is 90.8 Å². The molecule has 0 N–H and O–H groups in total. The van der Waals surface area contributed by atoms with Crippen LogP contribution < -0.4 is 0 Å². The number of ketones is 2. The molecule has 29 heavy (non-hydrogen) atoms. The van der Waals surface area contributed by atoms with Gasteiger partial charge in [-0.2, -0.15) is 14.7 Å². The monoisotopic (exact) mass is 654 g/mol. The van der Waals surface area contributed by atoms with E-state index in [1.165, 1.54) is 6.42 Å². The van der Waals surface area contributed by atoms with Crippen molar-refractivity contribution in [3.63, 3.8) is 0 Å². The first-order chi connectivity index (χ1) is 12.9. The van der Waals surface area contributed by atoms with Crippen molar-refractivity contribution < 1.29 is 62.5 Å². The number of rotatable bonds is 7. The number of hydrogen-bond donors (Lipinski definition) is 0. The minimum Gasteiger partial charge on any atom is -0.743 e. The molecule has 0 amide bonds. The summed E-state index contributed by atoms with van der Waals surface area (Å²) in [4.78, 5) is 24.1. The van der Waals surface area contributed by atoms with E-state index in [4.69, 9.17) is 0 Å². The molecule has 9 atom stereocenters. The maximum Gasteiger partial charge on any atom is 0.391 e. The smallest absolute Gasteiger partial charge is 0.391 e. The Bertz CT molecular complexity index is 801. The largest absolute Gasteiger partial charge is 0.743 e. The van der Waals surface area contributed by atoms with Crippen LogP contribution in [0.4, 0.5) is 8.78 Å². The van der Waals surface area contributed by atoms with Gasteiger partial charge in [0.1, 0.15) is 5.78 Å². The van der Waals surface area contributed by atoms with Gasteiger partial charge < -0.3 is 15.8 Å². The zero-order valence-electron chi connectivity index (χ0n) is 16.5. The Labute approximate surface area is 194 Å². The van der Waals surface area contributed by atoms with Crippen molar-refractivity contribution in [1.29, 1.82) is 0 Å². The second-order valence-electron chi connectivity index (χ2n) is 9.43. The summed E-state index contributed by atoms with van der Waals surface area (Å²) in [5.41, 5.74) is 0. The van der Waals surface area contributed by atoms with Gasteiger partial charge in [-0.1, -0.05) is 32.1 Å². The molecule has 0 aromatic rings. The van der Waals surface area contributed by atoms with E-state index in [2.05, 4.69) is 20.3 Å². The molecule has 0 saturated heterocycles. The molecule has 0 spiro atoms. The van der Waals surface area contributed by atoms with E-state index in [0.29, 0.717) is 35.5 Å². The van der Waals surface area contributed by atoms with Crippen molar-refractivity contribution in [2.75, 3.05) is 0 Å². The summed E-state index contributed by atoms with van der Waals surface area (Å²) in [5, 5.41) is -4.92. The van der Waals surface area contributed by atoms with E-state index in [1.54, 1.807) is 0 Å². The second-order valence-corrected chi connectivity index (χ2v) is 10.9. The Balaban J connectivity index is 0.00000240. The molecule has 0 aromatic heterocycles. The van der Waals surface area contributed by atoms with E-state index < -0.39 is 27.6 Å². The van der Waals surface area contributed by atoms with Crippen LogP contribution in [0.5, 0.6) is 0 Å². The van der Waals surface area contributed by atoms with Gasteiger partial charge in [0.15, 0.2) is 10.1 Å². The SMILES string of the molecule is CC1C(C)C2CC1C1C3[CH-]C(C(=O)CCCC(=O)C(F)(F)S(=O)(=O)[O-])C(C3)C21.[U]. The van der Waals surface area contributed by atoms with Crippen LogP contribution in [0.1, 0.15) is 46.0 Å². The molecule has 0 radical (unpaired) electrons. The molecule has 162 valence electrons. The Hall–Kier alpha value is 0.162. The predicted octanol–water partition coefficient (Wildman–Crippen LogP) is 3.06. The maximum atomic E-state index is 13.2. The van der Waals surface area contributed by atoms with Crippen molar-refractivity contribution >= 4 is 21.7 Å². The Morgan fingerprint density at radius 1 is 1.03 bits per heavy atom. The third kappa shape index (κ3) is 3.60. The van der Waals surface area contributed by atoms with Crippen molar-refractivity contribution in [2.24, 2.45) is 53.3 Å². The minimum atomic E-state index is -6.02. The fraction of sp³-hybridized carbons (Fsp3) is 0.850. The molecule has 4 aliphatic rings. The predicted molar refractivity (Wildman–Crippen MR) is 94.8 cm³/mol. The summed E-state index contributed by atoms with van der Waals surface area (Å²) in [6, 6.07) is 0. The van der Waals surface area contributed by atoms with Gasteiger partial charge in [0.25, 0.3) is 0 Å². The molecule has 0 aliphatic heterocycles. The van der Waals surface area contributed by atoms with Crippen LogP contribution in [0.25, 0.3) is 0 Å². The Kier molecular flexibility index (Phi) is 6.52. The molecular weight excluding hydrogens is 628 g/mol. The first-order valence-electron chi connectivity index (χ1n) is 10.2. The molecule has 0 aromatic carbocycles. The van der Waals surface area contributed by atoms with Crippen LogP contribution in [0.2, 0.25) is 0 Å². The number of carbonyl (C=O) groups is 2. The number of fused-ring (bicyclic) bond motifs is 9. The van der Waals surface area contributed by atoms with Gasteiger partial charge in [-0.05, 0) is 42.4 Å². The van der Waals surface area contributed by atoms with E-state index in [0.717, 1.165) is 18.3 Å². The van der Waals surface area contributed by atoms with Gasteiger partial charge in [0.2, 0.25) is 5.78 Å². The van der Waals surface area contributed by atoms with Crippen molar-refractivity contribution in [3.05, 3.63) is 6.42 Å². The summed E-state index contributed by atoms with van der Waals surface area (Å²) in [6.07, 6.45) is 3.47. The van der Waals surface area contributed by atoms with Crippen molar-refractivity contribution in [3.8, 4) is 0 Å². The topological polar surface area (TPSA) is 91.3 Å². The van der Waals surface area contributed by atoms with Gasteiger partial charge in [0, 0.05) is 44.0 Å². The zero-order valence-corrected chi connectivity index (χ0v) is 21.5. The molecule has 9 unspecified atom stereocenters. The van der Waals surface area contributed by atoms with Crippen LogP contribution >= 0.6 is 0 Å². The van der Waals surface area contributed by atoms with E-state index in [-0.39, 0.29) is 55.7 Å². The van der Waals surface area contributed by atoms with Gasteiger partial charge in [0.05, 0.1) is 0 Å². The van der Waals surface area contributed by atoms with Crippen LogP contribution in [0.15, 0.2) is 0 Å². The molecule has 4 fully saturated rings. The summed E-state index contributed by atoms with van der Waals surface area (Å²) in [7, 11) is -6.02. The number of hydrogen-bond acceptors (Lipinski definition) is 5. The normalized spacial score (nSPS) is 42.6. The molecule has 9 heteroatoms. The van der Waals surface area contributed by atoms with Gasteiger partial charge in [-0.3, -0.25) is 4.79 Å². The standard InChI is InChI=1S/C20H27F2O5S.U/c1-9-10(2)13-8-12(9)18-11-6-14(15(7-11)19(13)18)16(23)4-3-5-17(24)20(21,22)28(25,26)27;/h6,9-15,18-19H,3-5,7-8H2,1-2H3,(H,25,26,27);/q-1;/p-1. The summed E-state index contributed by atoms with van der Waals surface area (Å²) < 4.78 is 58.0. The third-order valence-electron chi connectivity index (χ3n) is 8.44.